The molecule has 0 radical (unpaired) electrons. The van der Waals surface area contributed by atoms with E-state index in [4.69, 9.17) is 32.2 Å². The highest BCUT2D eigenvalue weighted by Gasteiger charge is 2.07. The molecule has 2 rings (SSSR count). The summed E-state index contributed by atoms with van der Waals surface area (Å²) in [6, 6.07) is 12.9. The van der Waals surface area contributed by atoms with Gasteiger partial charge < -0.3 is 19.9 Å². The smallest absolute Gasteiger partial charge is 0.129 e. The summed E-state index contributed by atoms with van der Waals surface area (Å²) in [6.07, 6.45) is 0. The molecule has 0 aliphatic heterocycles. The van der Waals surface area contributed by atoms with Crippen LogP contribution in [0.25, 0.3) is 0 Å². The summed E-state index contributed by atoms with van der Waals surface area (Å²) in [5, 5.41) is 0. The molecule has 0 saturated carbocycles. The van der Waals surface area contributed by atoms with Crippen LogP contribution in [-0.2, 0) is 0 Å². The van der Waals surface area contributed by atoms with Crippen molar-refractivity contribution in [2.45, 2.75) is 0 Å². The fourth-order valence-electron chi connectivity index (χ4n) is 1.80. The van der Waals surface area contributed by atoms with Gasteiger partial charge in [-0.3, -0.25) is 0 Å². The Morgan fingerprint density at radius 1 is 1.05 bits per heavy atom. The number of hydrogen-bond donors (Lipinski definition) is 1. The lowest BCUT2D eigenvalue weighted by Gasteiger charge is -2.12. The molecule has 0 spiro atoms. The Balaban J connectivity index is 1.87. The van der Waals surface area contributed by atoms with E-state index in [9.17, 15) is 0 Å². The maximum atomic E-state index is 5.69. The molecule has 0 bridgehead atoms. The van der Waals surface area contributed by atoms with Gasteiger partial charge in [-0.1, -0.05) is 28.1 Å². The van der Waals surface area contributed by atoms with Gasteiger partial charge >= 0.3 is 0 Å². The summed E-state index contributed by atoms with van der Waals surface area (Å²) < 4.78 is 17.3. The van der Waals surface area contributed by atoms with Crippen molar-refractivity contribution < 1.29 is 14.2 Å². The second-order valence-electron chi connectivity index (χ2n) is 4.38. The van der Waals surface area contributed by atoms with E-state index in [1.807, 2.05) is 42.5 Å². The van der Waals surface area contributed by atoms with Gasteiger partial charge in [0, 0.05) is 4.47 Å². The van der Waals surface area contributed by atoms with Crippen molar-refractivity contribution in [3.05, 3.63) is 52.5 Å². The van der Waals surface area contributed by atoms with Gasteiger partial charge in [0.05, 0.1) is 12.7 Å². The first kappa shape index (κ1) is 16.6. The van der Waals surface area contributed by atoms with Crippen LogP contribution >= 0.6 is 28.1 Å². The van der Waals surface area contributed by atoms with Crippen LogP contribution in [0.5, 0.6) is 17.2 Å². The molecule has 0 amide bonds. The third-order valence-electron chi connectivity index (χ3n) is 2.88. The van der Waals surface area contributed by atoms with Crippen LogP contribution in [0, 0.1) is 0 Å². The Kier molecular flexibility index (Phi) is 6.03. The lowest BCUT2D eigenvalue weighted by molar-refractivity contribution is 0.217. The van der Waals surface area contributed by atoms with E-state index in [-0.39, 0.29) is 0 Å². The lowest BCUT2D eigenvalue weighted by atomic mass is 10.2. The van der Waals surface area contributed by atoms with Crippen molar-refractivity contribution in [2.75, 3.05) is 20.3 Å². The van der Waals surface area contributed by atoms with E-state index >= 15 is 0 Å². The van der Waals surface area contributed by atoms with E-state index in [0.29, 0.717) is 29.5 Å². The van der Waals surface area contributed by atoms with Crippen LogP contribution in [0.3, 0.4) is 0 Å². The number of benzene rings is 2. The summed E-state index contributed by atoms with van der Waals surface area (Å²) in [5.41, 5.74) is 6.40. The molecule has 2 N–H and O–H groups in total. The van der Waals surface area contributed by atoms with E-state index in [1.54, 1.807) is 7.11 Å². The molecule has 0 heterocycles. The average Bonchev–Trinajstić information content (AvgIpc) is 2.53. The first-order chi connectivity index (χ1) is 10.6. The first-order valence-electron chi connectivity index (χ1n) is 6.59. The Hall–Kier alpha value is -1.79. The number of ether oxygens (including phenoxy) is 3. The SMILES string of the molecule is COc1ccc(OCCOc2ccc(Br)cc2C(N)=S)cc1. The minimum Gasteiger partial charge on any atom is -0.497 e. The van der Waals surface area contributed by atoms with Crippen LogP contribution in [0.15, 0.2) is 46.9 Å². The van der Waals surface area contributed by atoms with Crippen molar-refractivity contribution in [3.63, 3.8) is 0 Å². The van der Waals surface area contributed by atoms with E-state index in [2.05, 4.69) is 15.9 Å². The van der Waals surface area contributed by atoms with Crippen molar-refractivity contribution in [1.82, 2.24) is 0 Å². The molecule has 116 valence electrons. The molecule has 2 aromatic rings. The zero-order valence-corrected chi connectivity index (χ0v) is 14.4. The number of thiocarbonyl (C=S) groups is 1. The molecule has 22 heavy (non-hydrogen) atoms. The van der Waals surface area contributed by atoms with Crippen molar-refractivity contribution >= 4 is 33.1 Å². The van der Waals surface area contributed by atoms with Gasteiger partial charge in [-0.2, -0.15) is 0 Å². The summed E-state index contributed by atoms with van der Waals surface area (Å²) in [7, 11) is 1.63. The molecule has 0 unspecified atom stereocenters. The minimum absolute atomic E-state index is 0.298. The van der Waals surface area contributed by atoms with E-state index in [0.717, 1.165) is 16.0 Å². The molecular formula is C16H16BrNO3S. The molecule has 0 aromatic heterocycles. The lowest BCUT2D eigenvalue weighted by Crippen LogP contribution is -2.14. The quantitative estimate of drug-likeness (QED) is 0.586. The molecule has 0 aliphatic carbocycles. The first-order valence-corrected chi connectivity index (χ1v) is 7.79. The summed E-state index contributed by atoms with van der Waals surface area (Å²) in [4.78, 5) is 0.298. The molecule has 2 aromatic carbocycles. The summed E-state index contributed by atoms with van der Waals surface area (Å²) >= 11 is 8.41. The highest BCUT2D eigenvalue weighted by Crippen LogP contribution is 2.23. The molecular weight excluding hydrogens is 366 g/mol. The predicted molar refractivity (Wildman–Crippen MR) is 94.0 cm³/mol. The highest BCUT2D eigenvalue weighted by molar-refractivity contribution is 9.10. The Morgan fingerprint density at radius 2 is 1.68 bits per heavy atom. The number of rotatable bonds is 7. The second kappa shape index (κ2) is 8.00. The number of hydrogen-bond acceptors (Lipinski definition) is 4. The van der Waals surface area contributed by atoms with E-state index in [1.165, 1.54) is 0 Å². The van der Waals surface area contributed by atoms with Gasteiger partial charge in [0.2, 0.25) is 0 Å². The standard InChI is InChI=1S/C16H16BrNO3S/c1-19-12-3-5-13(6-4-12)20-8-9-21-15-7-2-11(17)10-14(15)16(18)22/h2-7,10H,8-9H2,1H3,(H2,18,22). The molecule has 0 fully saturated rings. The Bertz CT molecular complexity index is 646. The topological polar surface area (TPSA) is 53.7 Å². The third kappa shape index (κ3) is 4.61. The van der Waals surface area contributed by atoms with Crippen LogP contribution in [0.4, 0.5) is 0 Å². The van der Waals surface area contributed by atoms with Crippen LogP contribution in [-0.4, -0.2) is 25.3 Å². The third-order valence-corrected chi connectivity index (χ3v) is 3.59. The Morgan fingerprint density at radius 3 is 2.32 bits per heavy atom. The second-order valence-corrected chi connectivity index (χ2v) is 5.73. The highest BCUT2D eigenvalue weighted by atomic mass is 79.9. The molecule has 4 nitrogen and oxygen atoms in total. The number of methoxy groups -OCH3 is 1. The van der Waals surface area contributed by atoms with Gasteiger partial charge in [-0.05, 0) is 42.5 Å². The fraction of sp³-hybridized carbons (Fsp3) is 0.188. The molecule has 0 saturated heterocycles. The van der Waals surface area contributed by atoms with Crippen LogP contribution in [0.1, 0.15) is 5.56 Å². The zero-order chi connectivity index (χ0) is 15.9. The fourth-order valence-corrected chi connectivity index (χ4v) is 2.32. The number of nitrogens with two attached hydrogens (primary N) is 1. The van der Waals surface area contributed by atoms with Crippen LogP contribution in [0.2, 0.25) is 0 Å². The van der Waals surface area contributed by atoms with Gasteiger partial charge in [-0.25, -0.2) is 0 Å². The van der Waals surface area contributed by atoms with E-state index < -0.39 is 0 Å². The molecule has 0 atom stereocenters. The summed E-state index contributed by atoms with van der Waals surface area (Å²) in [6.45, 7) is 0.808. The van der Waals surface area contributed by atoms with Gasteiger partial charge in [0.25, 0.3) is 0 Å². The largest absolute Gasteiger partial charge is 0.497 e. The van der Waals surface area contributed by atoms with Crippen molar-refractivity contribution in [2.24, 2.45) is 5.73 Å². The van der Waals surface area contributed by atoms with Gasteiger partial charge in [0.1, 0.15) is 35.5 Å². The maximum absolute atomic E-state index is 5.69. The van der Waals surface area contributed by atoms with Crippen molar-refractivity contribution in [3.8, 4) is 17.2 Å². The van der Waals surface area contributed by atoms with Crippen molar-refractivity contribution in [1.29, 1.82) is 0 Å². The van der Waals surface area contributed by atoms with Gasteiger partial charge in [0.15, 0.2) is 0 Å². The predicted octanol–water partition coefficient (Wildman–Crippen LogP) is 3.55. The van der Waals surface area contributed by atoms with Gasteiger partial charge in [-0.15, -0.1) is 0 Å². The van der Waals surface area contributed by atoms with Crippen LogP contribution < -0.4 is 19.9 Å². The molecule has 6 heteroatoms. The average molecular weight is 382 g/mol. The minimum atomic E-state index is 0.298. The maximum Gasteiger partial charge on any atom is 0.129 e. The monoisotopic (exact) mass is 381 g/mol. The molecule has 0 aliphatic rings. The summed E-state index contributed by atoms with van der Waals surface area (Å²) in [5.74, 6) is 2.20. The normalized spacial score (nSPS) is 10.1. The zero-order valence-electron chi connectivity index (χ0n) is 12.0. The Labute approximate surface area is 143 Å². The number of halogens is 1.